The summed E-state index contributed by atoms with van der Waals surface area (Å²) in [6.07, 6.45) is 3.93. The van der Waals surface area contributed by atoms with Crippen LogP contribution in [0.5, 0.6) is 5.75 Å². The van der Waals surface area contributed by atoms with E-state index in [1.807, 2.05) is 56.3 Å². The van der Waals surface area contributed by atoms with E-state index in [1.165, 1.54) is 0 Å². The second kappa shape index (κ2) is 9.18. The van der Waals surface area contributed by atoms with Gasteiger partial charge in [-0.2, -0.15) is 5.10 Å². The molecule has 28 heavy (non-hydrogen) atoms. The Kier molecular flexibility index (Phi) is 6.43. The fourth-order valence-corrected chi connectivity index (χ4v) is 3.12. The quantitative estimate of drug-likeness (QED) is 0.552. The second-order valence-corrected chi connectivity index (χ2v) is 7.14. The van der Waals surface area contributed by atoms with Crippen molar-refractivity contribution in [3.8, 4) is 5.75 Å². The molecule has 1 amide bonds. The Bertz CT molecular complexity index is 913. The number of benzene rings is 2. The summed E-state index contributed by atoms with van der Waals surface area (Å²) in [6, 6.07) is 17.1. The van der Waals surface area contributed by atoms with Gasteiger partial charge in [0.2, 0.25) is 0 Å². The van der Waals surface area contributed by atoms with Crippen molar-refractivity contribution in [2.24, 2.45) is 11.0 Å². The Hall–Kier alpha value is -3.14. The van der Waals surface area contributed by atoms with Crippen LogP contribution in [0.3, 0.4) is 0 Å². The molecule has 0 spiro atoms. The minimum atomic E-state index is -0.276. The van der Waals surface area contributed by atoms with E-state index in [-0.39, 0.29) is 5.91 Å². The van der Waals surface area contributed by atoms with Crippen molar-refractivity contribution in [1.82, 2.24) is 5.43 Å². The van der Waals surface area contributed by atoms with E-state index < -0.39 is 0 Å². The molecule has 4 nitrogen and oxygen atoms in total. The number of allylic oxidation sites excluding steroid dienone is 3. The molecule has 0 radical (unpaired) electrons. The van der Waals surface area contributed by atoms with Crippen LogP contribution in [-0.4, -0.2) is 11.6 Å². The van der Waals surface area contributed by atoms with E-state index in [2.05, 4.69) is 23.2 Å². The molecule has 144 valence electrons. The number of amides is 1. The van der Waals surface area contributed by atoms with Crippen LogP contribution in [-0.2, 0) is 6.61 Å². The van der Waals surface area contributed by atoms with Crippen LogP contribution in [0.2, 0.25) is 0 Å². The van der Waals surface area contributed by atoms with E-state index in [9.17, 15) is 4.79 Å². The molecule has 1 unspecified atom stereocenters. The van der Waals surface area contributed by atoms with Gasteiger partial charge in [-0.1, -0.05) is 60.7 Å². The minimum Gasteiger partial charge on any atom is -0.488 e. The fourth-order valence-electron chi connectivity index (χ4n) is 3.12. The standard InChI is InChI=1S/C24H26N2O2/c1-17(2)20-14-13-18(3)22(15-20)25-26-24(27)21-11-7-8-12-23(21)28-16-19-9-5-4-6-10-19/h4-13,20H,1,14-16H2,2-3H3,(H,26,27)/b25-22+. The number of carbonyl (C=O) groups excluding carboxylic acids is 1. The van der Waals surface area contributed by atoms with Crippen LogP contribution in [0.1, 0.15) is 42.6 Å². The average molecular weight is 374 g/mol. The second-order valence-electron chi connectivity index (χ2n) is 7.14. The number of ether oxygens (including phenoxy) is 1. The Morgan fingerprint density at radius 1 is 1.18 bits per heavy atom. The third-order valence-corrected chi connectivity index (χ3v) is 4.96. The lowest BCUT2D eigenvalue weighted by Crippen LogP contribution is -2.23. The summed E-state index contributed by atoms with van der Waals surface area (Å²) in [5, 5.41) is 4.38. The molecule has 0 fully saturated rings. The van der Waals surface area contributed by atoms with Gasteiger partial charge < -0.3 is 4.74 Å². The van der Waals surface area contributed by atoms with E-state index in [4.69, 9.17) is 4.74 Å². The molecule has 4 heteroatoms. The van der Waals surface area contributed by atoms with Gasteiger partial charge in [0, 0.05) is 0 Å². The molecule has 0 heterocycles. The van der Waals surface area contributed by atoms with Gasteiger partial charge in [0.15, 0.2) is 0 Å². The zero-order valence-electron chi connectivity index (χ0n) is 16.4. The van der Waals surface area contributed by atoms with E-state index in [0.717, 1.165) is 35.3 Å². The molecule has 2 aromatic rings. The van der Waals surface area contributed by atoms with Crippen molar-refractivity contribution in [3.05, 3.63) is 89.5 Å². The highest BCUT2D eigenvalue weighted by Gasteiger charge is 2.19. The molecule has 1 atom stereocenters. The van der Waals surface area contributed by atoms with Crippen molar-refractivity contribution in [3.63, 3.8) is 0 Å². The third-order valence-electron chi connectivity index (χ3n) is 4.96. The maximum atomic E-state index is 12.7. The van der Waals surface area contributed by atoms with Gasteiger partial charge >= 0.3 is 0 Å². The highest BCUT2D eigenvalue weighted by molar-refractivity contribution is 6.03. The Morgan fingerprint density at radius 2 is 1.89 bits per heavy atom. The molecule has 1 aliphatic rings. The van der Waals surface area contributed by atoms with Crippen molar-refractivity contribution >= 4 is 11.6 Å². The highest BCUT2D eigenvalue weighted by Crippen LogP contribution is 2.26. The zero-order chi connectivity index (χ0) is 19.9. The largest absolute Gasteiger partial charge is 0.488 e. The normalized spacial score (nSPS) is 17.7. The van der Waals surface area contributed by atoms with Crippen molar-refractivity contribution < 1.29 is 9.53 Å². The number of para-hydroxylation sites is 1. The first-order valence-corrected chi connectivity index (χ1v) is 9.49. The van der Waals surface area contributed by atoms with Gasteiger partial charge in [-0.05, 0) is 55.9 Å². The number of hydrogen-bond donors (Lipinski definition) is 1. The number of carbonyl (C=O) groups is 1. The summed E-state index contributed by atoms with van der Waals surface area (Å²) in [6.45, 7) is 8.52. The van der Waals surface area contributed by atoms with Crippen LogP contribution in [0.25, 0.3) is 0 Å². The van der Waals surface area contributed by atoms with Gasteiger partial charge in [0.1, 0.15) is 12.4 Å². The lowest BCUT2D eigenvalue weighted by Gasteiger charge is -2.22. The first-order valence-electron chi connectivity index (χ1n) is 9.49. The fraction of sp³-hybridized carbons (Fsp3) is 0.250. The predicted molar refractivity (Wildman–Crippen MR) is 113 cm³/mol. The molecule has 0 aromatic heterocycles. The van der Waals surface area contributed by atoms with E-state index in [1.54, 1.807) is 12.1 Å². The lowest BCUT2D eigenvalue weighted by atomic mass is 9.85. The minimum absolute atomic E-state index is 0.276. The molecule has 1 aliphatic carbocycles. The first kappa shape index (κ1) is 19.6. The number of rotatable bonds is 6. The number of nitrogens with zero attached hydrogens (tertiary/aromatic N) is 1. The summed E-state index contributed by atoms with van der Waals surface area (Å²) < 4.78 is 5.87. The third kappa shape index (κ3) is 4.97. The van der Waals surface area contributed by atoms with Gasteiger partial charge in [0.25, 0.3) is 5.91 Å². The predicted octanol–water partition coefficient (Wildman–Crippen LogP) is 5.28. The van der Waals surface area contributed by atoms with Crippen molar-refractivity contribution in [2.45, 2.75) is 33.3 Å². The van der Waals surface area contributed by atoms with Crippen LogP contribution in [0, 0.1) is 5.92 Å². The summed E-state index contributed by atoms with van der Waals surface area (Å²) in [7, 11) is 0. The van der Waals surface area contributed by atoms with Crippen molar-refractivity contribution in [1.29, 1.82) is 0 Å². The summed E-state index contributed by atoms with van der Waals surface area (Å²) in [4.78, 5) is 12.7. The van der Waals surface area contributed by atoms with E-state index >= 15 is 0 Å². The van der Waals surface area contributed by atoms with Gasteiger partial charge in [-0.3, -0.25) is 4.79 Å². The number of nitrogens with one attached hydrogen (secondary N) is 1. The Labute approximate surface area is 166 Å². The monoisotopic (exact) mass is 374 g/mol. The van der Waals surface area contributed by atoms with Crippen LogP contribution in [0.15, 0.2) is 83.5 Å². The Morgan fingerprint density at radius 3 is 2.64 bits per heavy atom. The average Bonchev–Trinajstić information content (AvgIpc) is 2.72. The highest BCUT2D eigenvalue weighted by atomic mass is 16.5. The van der Waals surface area contributed by atoms with Gasteiger partial charge in [-0.15, -0.1) is 0 Å². The van der Waals surface area contributed by atoms with Crippen LogP contribution >= 0.6 is 0 Å². The number of hydrogen-bond acceptors (Lipinski definition) is 3. The SMILES string of the molecule is C=C(C)C1CC=C(C)/C(=N/NC(=O)c2ccccc2OCc2ccccc2)C1. The lowest BCUT2D eigenvalue weighted by molar-refractivity contribution is 0.0950. The maximum absolute atomic E-state index is 12.7. The number of hydrazone groups is 1. The molecule has 2 aromatic carbocycles. The van der Waals surface area contributed by atoms with Crippen LogP contribution in [0.4, 0.5) is 0 Å². The molecule has 0 aliphatic heterocycles. The van der Waals surface area contributed by atoms with Gasteiger partial charge in [0.05, 0.1) is 11.3 Å². The summed E-state index contributed by atoms with van der Waals surface area (Å²) >= 11 is 0. The molecular weight excluding hydrogens is 348 g/mol. The Balaban J connectivity index is 1.70. The maximum Gasteiger partial charge on any atom is 0.275 e. The topological polar surface area (TPSA) is 50.7 Å². The molecular formula is C24H26N2O2. The first-order chi connectivity index (χ1) is 13.5. The molecule has 0 saturated carbocycles. The molecule has 3 rings (SSSR count). The molecule has 1 N–H and O–H groups in total. The zero-order valence-corrected chi connectivity index (χ0v) is 16.4. The summed E-state index contributed by atoms with van der Waals surface area (Å²) in [5.41, 5.74) is 7.36. The van der Waals surface area contributed by atoms with E-state index in [0.29, 0.717) is 23.8 Å². The smallest absolute Gasteiger partial charge is 0.275 e. The van der Waals surface area contributed by atoms with Gasteiger partial charge in [-0.25, -0.2) is 5.43 Å². The molecule has 0 bridgehead atoms. The summed E-state index contributed by atoms with van der Waals surface area (Å²) in [5.74, 6) is 0.641. The van der Waals surface area contributed by atoms with Crippen LogP contribution < -0.4 is 10.2 Å². The molecule has 0 saturated heterocycles. The van der Waals surface area contributed by atoms with Crippen molar-refractivity contribution in [2.75, 3.05) is 0 Å².